The number of anilines is 1. The van der Waals surface area contributed by atoms with Gasteiger partial charge >= 0.3 is 0 Å². The second-order valence-electron chi connectivity index (χ2n) is 6.76. The van der Waals surface area contributed by atoms with Gasteiger partial charge in [-0.15, -0.1) is 0 Å². The Morgan fingerprint density at radius 1 is 0.862 bits per heavy atom. The summed E-state index contributed by atoms with van der Waals surface area (Å²) in [5, 5.41) is 7.88. The molecule has 1 aromatic heterocycles. The van der Waals surface area contributed by atoms with Crippen molar-refractivity contribution in [2.75, 3.05) is 5.32 Å². The summed E-state index contributed by atoms with van der Waals surface area (Å²) in [6.45, 7) is 0. The van der Waals surface area contributed by atoms with E-state index in [0.717, 1.165) is 22.4 Å². The lowest BCUT2D eigenvalue weighted by molar-refractivity contribution is 0.551. The predicted octanol–water partition coefficient (Wildman–Crippen LogP) is 5.79. The molecule has 3 aromatic carbocycles. The van der Waals surface area contributed by atoms with E-state index in [0.29, 0.717) is 16.5 Å². The summed E-state index contributed by atoms with van der Waals surface area (Å²) in [5.41, 5.74) is 4.45. The Bertz CT molecular complexity index is 1180. The average molecular weight is 403 g/mol. The number of nitrogens with one attached hydrogen (secondary N) is 1. The van der Waals surface area contributed by atoms with Crippen LogP contribution in [-0.2, 0) is 0 Å². The van der Waals surface area contributed by atoms with E-state index in [2.05, 4.69) is 39.7 Å². The van der Waals surface area contributed by atoms with Gasteiger partial charge in [0.15, 0.2) is 0 Å². The standard InChI is InChI=1S/C23H16ClFN4/c24-18-7-4-8-19(25)22(18)21-13-20(28-23-26-14-27-29(21)23)17-11-9-16(10-12-17)15-5-2-1-3-6-15/h1-14,21H,(H,26,27,28)/t21-/m0/s1. The van der Waals surface area contributed by atoms with Gasteiger partial charge in [-0.25, -0.2) is 9.07 Å². The molecule has 4 nitrogen and oxygen atoms in total. The smallest absolute Gasteiger partial charge is 0.226 e. The Morgan fingerprint density at radius 3 is 2.34 bits per heavy atom. The summed E-state index contributed by atoms with van der Waals surface area (Å²) < 4.78 is 16.2. The van der Waals surface area contributed by atoms with Crippen LogP contribution < -0.4 is 5.32 Å². The number of aromatic nitrogens is 3. The summed E-state index contributed by atoms with van der Waals surface area (Å²) >= 11 is 6.33. The van der Waals surface area contributed by atoms with Crippen molar-refractivity contribution in [2.24, 2.45) is 0 Å². The first kappa shape index (κ1) is 17.6. The van der Waals surface area contributed by atoms with Gasteiger partial charge in [-0.3, -0.25) is 0 Å². The van der Waals surface area contributed by atoms with E-state index in [1.165, 1.54) is 12.4 Å². The number of benzene rings is 3. The minimum atomic E-state index is -0.494. The van der Waals surface area contributed by atoms with Crippen molar-refractivity contribution in [1.29, 1.82) is 0 Å². The first-order chi connectivity index (χ1) is 14.2. The van der Waals surface area contributed by atoms with Crippen LogP contribution in [0.15, 0.2) is 85.2 Å². The zero-order valence-corrected chi connectivity index (χ0v) is 16.0. The molecule has 29 heavy (non-hydrogen) atoms. The molecule has 4 aromatic rings. The quantitative estimate of drug-likeness (QED) is 0.471. The van der Waals surface area contributed by atoms with E-state index in [9.17, 15) is 4.39 Å². The molecule has 0 saturated heterocycles. The van der Waals surface area contributed by atoms with Gasteiger partial charge in [0.05, 0.1) is 0 Å². The minimum Gasteiger partial charge on any atom is -0.324 e. The highest BCUT2D eigenvalue weighted by Crippen LogP contribution is 2.36. The number of hydrogen-bond donors (Lipinski definition) is 1. The van der Waals surface area contributed by atoms with Crippen LogP contribution in [0.4, 0.5) is 10.3 Å². The van der Waals surface area contributed by atoms with Crippen molar-refractivity contribution in [3.63, 3.8) is 0 Å². The molecule has 0 radical (unpaired) electrons. The number of halogens is 2. The Balaban J connectivity index is 1.56. The van der Waals surface area contributed by atoms with E-state index in [4.69, 9.17) is 11.6 Å². The molecule has 5 rings (SSSR count). The van der Waals surface area contributed by atoms with Crippen LogP contribution in [0.2, 0.25) is 5.02 Å². The molecule has 1 aliphatic heterocycles. The van der Waals surface area contributed by atoms with Crippen molar-refractivity contribution >= 4 is 23.2 Å². The minimum absolute atomic E-state index is 0.355. The fraction of sp³-hybridized carbons (Fsp3) is 0.0435. The van der Waals surface area contributed by atoms with Gasteiger partial charge in [0.2, 0.25) is 5.95 Å². The second-order valence-corrected chi connectivity index (χ2v) is 7.16. The molecular formula is C23H16ClFN4. The lowest BCUT2D eigenvalue weighted by Crippen LogP contribution is -2.21. The molecule has 1 aliphatic rings. The maximum atomic E-state index is 14.6. The zero-order chi connectivity index (χ0) is 19.8. The summed E-state index contributed by atoms with van der Waals surface area (Å²) in [7, 11) is 0. The SMILES string of the molecule is Fc1cccc(Cl)c1[C@@H]1C=C(c2ccc(-c3ccccc3)cc2)Nc2ncnn21. The van der Waals surface area contributed by atoms with Gasteiger partial charge in [-0.05, 0) is 34.9 Å². The summed E-state index contributed by atoms with van der Waals surface area (Å²) in [4.78, 5) is 4.27. The maximum absolute atomic E-state index is 14.6. The third-order valence-corrected chi connectivity index (χ3v) is 5.34. The first-order valence-corrected chi connectivity index (χ1v) is 9.56. The average Bonchev–Trinajstić information content (AvgIpc) is 3.23. The number of nitrogens with zero attached hydrogens (tertiary/aromatic N) is 3. The van der Waals surface area contributed by atoms with Gasteiger partial charge in [-0.1, -0.05) is 72.3 Å². The van der Waals surface area contributed by atoms with Gasteiger partial charge < -0.3 is 5.32 Å². The highest BCUT2D eigenvalue weighted by molar-refractivity contribution is 6.31. The van der Waals surface area contributed by atoms with Crippen LogP contribution >= 0.6 is 11.6 Å². The summed E-state index contributed by atoms with van der Waals surface area (Å²) in [6, 6.07) is 22.6. The molecule has 2 heterocycles. The molecule has 0 aliphatic carbocycles. The van der Waals surface area contributed by atoms with Crippen molar-refractivity contribution in [1.82, 2.24) is 14.8 Å². The molecule has 0 unspecified atom stereocenters. The molecule has 6 heteroatoms. The Labute approximate surface area is 172 Å². The molecule has 0 bridgehead atoms. The highest BCUT2D eigenvalue weighted by atomic mass is 35.5. The van der Waals surface area contributed by atoms with Crippen molar-refractivity contribution in [2.45, 2.75) is 6.04 Å². The van der Waals surface area contributed by atoms with Crippen LogP contribution in [0.5, 0.6) is 0 Å². The third-order valence-electron chi connectivity index (χ3n) is 5.01. The van der Waals surface area contributed by atoms with Crippen LogP contribution in [0.3, 0.4) is 0 Å². The van der Waals surface area contributed by atoms with E-state index >= 15 is 0 Å². The van der Waals surface area contributed by atoms with E-state index in [-0.39, 0.29) is 5.82 Å². The highest BCUT2D eigenvalue weighted by Gasteiger charge is 2.27. The summed E-state index contributed by atoms with van der Waals surface area (Å²) in [6.07, 6.45) is 3.36. The monoisotopic (exact) mass is 402 g/mol. The molecule has 0 amide bonds. The molecule has 142 valence electrons. The molecule has 1 atom stereocenters. The van der Waals surface area contributed by atoms with E-state index < -0.39 is 6.04 Å². The normalized spacial score (nSPS) is 15.4. The van der Waals surface area contributed by atoms with Crippen molar-refractivity contribution < 1.29 is 4.39 Å². The maximum Gasteiger partial charge on any atom is 0.226 e. The Morgan fingerprint density at radius 2 is 1.59 bits per heavy atom. The number of fused-ring (bicyclic) bond motifs is 1. The third kappa shape index (κ3) is 3.19. The molecular weight excluding hydrogens is 387 g/mol. The lowest BCUT2D eigenvalue weighted by Gasteiger charge is -2.25. The van der Waals surface area contributed by atoms with E-state index in [1.54, 1.807) is 16.8 Å². The van der Waals surface area contributed by atoms with Crippen LogP contribution in [-0.4, -0.2) is 14.8 Å². The largest absolute Gasteiger partial charge is 0.324 e. The fourth-order valence-corrected chi connectivity index (χ4v) is 3.85. The number of rotatable bonds is 3. The van der Waals surface area contributed by atoms with Gasteiger partial charge in [0.1, 0.15) is 18.2 Å². The lowest BCUT2D eigenvalue weighted by atomic mass is 9.99. The van der Waals surface area contributed by atoms with Crippen molar-refractivity contribution in [3.05, 3.63) is 107 Å². The molecule has 1 N–H and O–H groups in total. The topological polar surface area (TPSA) is 42.7 Å². The first-order valence-electron chi connectivity index (χ1n) is 9.19. The number of hydrogen-bond acceptors (Lipinski definition) is 3. The van der Waals surface area contributed by atoms with Crippen LogP contribution in [0, 0.1) is 5.82 Å². The molecule has 0 fully saturated rings. The van der Waals surface area contributed by atoms with Crippen molar-refractivity contribution in [3.8, 4) is 11.1 Å². The van der Waals surface area contributed by atoms with E-state index in [1.807, 2.05) is 36.4 Å². The fourth-order valence-electron chi connectivity index (χ4n) is 3.57. The second kappa shape index (κ2) is 7.18. The predicted molar refractivity (Wildman–Crippen MR) is 113 cm³/mol. The van der Waals surface area contributed by atoms with Crippen LogP contribution in [0.25, 0.3) is 16.8 Å². The zero-order valence-electron chi connectivity index (χ0n) is 15.3. The Hall–Kier alpha value is -3.44. The Kier molecular flexibility index (Phi) is 4.37. The van der Waals surface area contributed by atoms with Gasteiger partial charge in [0, 0.05) is 16.3 Å². The summed E-state index contributed by atoms with van der Waals surface area (Å²) in [5.74, 6) is 0.167. The van der Waals surface area contributed by atoms with Gasteiger partial charge in [0.25, 0.3) is 0 Å². The van der Waals surface area contributed by atoms with Crippen LogP contribution in [0.1, 0.15) is 17.2 Å². The molecule has 0 saturated carbocycles. The molecule has 0 spiro atoms. The number of allylic oxidation sites excluding steroid dienone is 1. The van der Waals surface area contributed by atoms with Gasteiger partial charge in [-0.2, -0.15) is 10.1 Å².